The fourth-order valence-electron chi connectivity index (χ4n) is 2.76. The Hall–Kier alpha value is -2.36. The molecule has 1 amide bonds. The van der Waals surface area contributed by atoms with Crippen molar-refractivity contribution < 1.29 is 13.9 Å². The van der Waals surface area contributed by atoms with Gasteiger partial charge in [-0.3, -0.25) is 4.79 Å². The van der Waals surface area contributed by atoms with Gasteiger partial charge in [0.25, 0.3) is 0 Å². The third-order valence-electron chi connectivity index (χ3n) is 4.05. The zero-order valence-corrected chi connectivity index (χ0v) is 12.5. The lowest BCUT2D eigenvalue weighted by Gasteiger charge is -2.29. The van der Waals surface area contributed by atoms with E-state index in [4.69, 9.17) is 4.74 Å². The summed E-state index contributed by atoms with van der Waals surface area (Å²) in [4.78, 5) is 14.3. The summed E-state index contributed by atoms with van der Waals surface area (Å²) in [5.41, 5.74) is 3.25. The Balaban J connectivity index is 1.68. The molecule has 0 bridgehead atoms. The van der Waals surface area contributed by atoms with E-state index in [0.717, 1.165) is 17.7 Å². The van der Waals surface area contributed by atoms with E-state index in [1.54, 1.807) is 19.2 Å². The van der Waals surface area contributed by atoms with Crippen LogP contribution in [-0.2, 0) is 24.2 Å². The highest BCUT2D eigenvalue weighted by molar-refractivity contribution is 5.79. The highest BCUT2D eigenvalue weighted by Gasteiger charge is 2.21. The molecule has 1 heterocycles. The molecule has 1 aliphatic rings. The van der Waals surface area contributed by atoms with E-state index in [1.165, 1.54) is 23.3 Å². The second-order valence-corrected chi connectivity index (χ2v) is 5.50. The molecule has 1 aliphatic heterocycles. The number of hydrogen-bond acceptors (Lipinski definition) is 2. The highest BCUT2D eigenvalue weighted by Crippen LogP contribution is 2.24. The van der Waals surface area contributed by atoms with Crippen LogP contribution in [0.3, 0.4) is 0 Å². The Morgan fingerprint density at radius 2 is 1.95 bits per heavy atom. The van der Waals surface area contributed by atoms with Gasteiger partial charge in [0.05, 0.1) is 13.5 Å². The van der Waals surface area contributed by atoms with E-state index in [0.29, 0.717) is 19.5 Å². The second kappa shape index (κ2) is 6.18. The van der Waals surface area contributed by atoms with Crippen molar-refractivity contribution in [3.8, 4) is 5.75 Å². The smallest absolute Gasteiger partial charge is 0.227 e. The van der Waals surface area contributed by atoms with Crippen molar-refractivity contribution in [2.45, 2.75) is 19.4 Å². The quantitative estimate of drug-likeness (QED) is 0.872. The molecule has 4 heteroatoms. The van der Waals surface area contributed by atoms with Crippen LogP contribution in [0.1, 0.15) is 16.7 Å². The number of nitrogens with zero attached hydrogens (tertiary/aromatic N) is 1. The zero-order valence-electron chi connectivity index (χ0n) is 12.5. The molecule has 3 nitrogen and oxygen atoms in total. The lowest BCUT2D eigenvalue weighted by atomic mass is 9.99. The maximum atomic E-state index is 12.9. The van der Waals surface area contributed by atoms with Gasteiger partial charge in [0.15, 0.2) is 0 Å². The van der Waals surface area contributed by atoms with Crippen molar-refractivity contribution in [3.63, 3.8) is 0 Å². The molecule has 0 saturated carbocycles. The van der Waals surface area contributed by atoms with Gasteiger partial charge >= 0.3 is 0 Å². The first kappa shape index (κ1) is 14.6. The summed E-state index contributed by atoms with van der Waals surface area (Å²) in [6.45, 7) is 1.33. The summed E-state index contributed by atoms with van der Waals surface area (Å²) in [7, 11) is 1.66. The van der Waals surface area contributed by atoms with E-state index in [1.807, 2.05) is 23.1 Å². The van der Waals surface area contributed by atoms with Gasteiger partial charge in [-0.05, 0) is 47.4 Å². The third-order valence-corrected chi connectivity index (χ3v) is 4.05. The monoisotopic (exact) mass is 299 g/mol. The first-order chi connectivity index (χ1) is 10.7. The maximum Gasteiger partial charge on any atom is 0.227 e. The van der Waals surface area contributed by atoms with Crippen molar-refractivity contribution in [1.29, 1.82) is 0 Å². The Labute approximate surface area is 129 Å². The van der Waals surface area contributed by atoms with Gasteiger partial charge in [-0.2, -0.15) is 0 Å². The Kier molecular flexibility index (Phi) is 4.09. The van der Waals surface area contributed by atoms with Gasteiger partial charge < -0.3 is 9.64 Å². The molecule has 0 spiro atoms. The van der Waals surface area contributed by atoms with Crippen LogP contribution in [0.25, 0.3) is 0 Å². The standard InChI is InChI=1S/C18H18FNO2/c1-22-17-7-4-15-12-20(9-8-14(15)11-17)18(21)10-13-2-5-16(19)6-3-13/h2-7,11H,8-10,12H2,1H3. The molecule has 0 atom stereocenters. The van der Waals surface area contributed by atoms with E-state index >= 15 is 0 Å². The number of rotatable bonds is 3. The van der Waals surface area contributed by atoms with E-state index in [2.05, 4.69) is 0 Å². The average Bonchev–Trinajstić information content (AvgIpc) is 2.56. The third kappa shape index (κ3) is 3.11. The number of amides is 1. The molecule has 0 unspecified atom stereocenters. The van der Waals surface area contributed by atoms with Crippen LogP contribution in [-0.4, -0.2) is 24.5 Å². The maximum absolute atomic E-state index is 12.9. The largest absolute Gasteiger partial charge is 0.497 e. The van der Waals surface area contributed by atoms with Crippen LogP contribution < -0.4 is 4.74 Å². The van der Waals surface area contributed by atoms with Gasteiger partial charge in [0.1, 0.15) is 11.6 Å². The highest BCUT2D eigenvalue weighted by atomic mass is 19.1. The molecule has 3 rings (SSSR count). The Bertz CT molecular complexity index is 682. The normalized spacial score (nSPS) is 13.6. The number of ether oxygens (including phenoxy) is 1. The number of benzene rings is 2. The van der Waals surface area contributed by atoms with Crippen LogP contribution in [0.5, 0.6) is 5.75 Å². The van der Waals surface area contributed by atoms with Crippen LogP contribution in [0.2, 0.25) is 0 Å². The van der Waals surface area contributed by atoms with Crippen LogP contribution in [0, 0.1) is 5.82 Å². The molecule has 2 aromatic carbocycles. The Morgan fingerprint density at radius 1 is 1.18 bits per heavy atom. The van der Waals surface area contributed by atoms with Crippen molar-refractivity contribution >= 4 is 5.91 Å². The topological polar surface area (TPSA) is 29.5 Å². The molecule has 22 heavy (non-hydrogen) atoms. The lowest BCUT2D eigenvalue weighted by Crippen LogP contribution is -2.36. The minimum atomic E-state index is -0.281. The van der Waals surface area contributed by atoms with Crippen molar-refractivity contribution in [2.75, 3.05) is 13.7 Å². The summed E-state index contributed by atoms with van der Waals surface area (Å²) in [5.74, 6) is 0.648. The minimum absolute atomic E-state index is 0.0769. The van der Waals surface area contributed by atoms with Crippen LogP contribution in [0.4, 0.5) is 4.39 Å². The molecule has 0 saturated heterocycles. The van der Waals surface area contributed by atoms with Gasteiger partial charge in [-0.15, -0.1) is 0 Å². The number of carbonyl (C=O) groups excluding carboxylic acids is 1. The molecule has 0 aliphatic carbocycles. The first-order valence-corrected chi connectivity index (χ1v) is 7.34. The molecular weight excluding hydrogens is 281 g/mol. The number of hydrogen-bond donors (Lipinski definition) is 0. The summed E-state index contributed by atoms with van der Waals surface area (Å²) < 4.78 is 18.1. The molecule has 0 fully saturated rings. The van der Waals surface area contributed by atoms with Crippen molar-refractivity contribution in [3.05, 3.63) is 65.0 Å². The lowest BCUT2D eigenvalue weighted by molar-refractivity contribution is -0.131. The fourth-order valence-corrected chi connectivity index (χ4v) is 2.76. The molecule has 0 radical (unpaired) electrons. The number of halogens is 1. The van der Waals surface area contributed by atoms with E-state index < -0.39 is 0 Å². The van der Waals surface area contributed by atoms with E-state index in [-0.39, 0.29) is 11.7 Å². The summed E-state index contributed by atoms with van der Waals surface area (Å²) in [6.07, 6.45) is 1.15. The van der Waals surface area contributed by atoms with Crippen LogP contribution in [0.15, 0.2) is 42.5 Å². The van der Waals surface area contributed by atoms with Crippen LogP contribution >= 0.6 is 0 Å². The van der Waals surface area contributed by atoms with Crippen molar-refractivity contribution in [1.82, 2.24) is 4.90 Å². The predicted molar refractivity (Wildman–Crippen MR) is 82.2 cm³/mol. The van der Waals surface area contributed by atoms with Gasteiger partial charge in [-0.25, -0.2) is 4.39 Å². The summed E-state index contributed by atoms with van der Waals surface area (Å²) in [6, 6.07) is 12.1. The van der Waals surface area contributed by atoms with Gasteiger partial charge in [0, 0.05) is 13.1 Å². The number of fused-ring (bicyclic) bond motifs is 1. The molecule has 0 aromatic heterocycles. The fraction of sp³-hybridized carbons (Fsp3) is 0.278. The summed E-state index contributed by atoms with van der Waals surface area (Å²) >= 11 is 0. The van der Waals surface area contributed by atoms with Gasteiger partial charge in [0.2, 0.25) is 5.91 Å². The second-order valence-electron chi connectivity index (χ2n) is 5.50. The zero-order chi connectivity index (χ0) is 15.5. The number of methoxy groups -OCH3 is 1. The first-order valence-electron chi connectivity index (χ1n) is 7.34. The average molecular weight is 299 g/mol. The predicted octanol–water partition coefficient (Wildman–Crippen LogP) is 2.96. The minimum Gasteiger partial charge on any atom is -0.497 e. The Morgan fingerprint density at radius 3 is 2.68 bits per heavy atom. The van der Waals surface area contributed by atoms with E-state index in [9.17, 15) is 9.18 Å². The molecular formula is C18H18FNO2. The number of carbonyl (C=O) groups is 1. The SMILES string of the molecule is COc1ccc2c(c1)CCN(C(=O)Cc1ccc(F)cc1)C2. The molecule has 2 aromatic rings. The van der Waals surface area contributed by atoms with Gasteiger partial charge in [-0.1, -0.05) is 18.2 Å². The van der Waals surface area contributed by atoms with Crippen molar-refractivity contribution in [2.24, 2.45) is 0 Å². The molecule has 114 valence electrons. The molecule has 0 N–H and O–H groups in total. The summed E-state index contributed by atoms with van der Waals surface area (Å²) in [5, 5.41) is 0.